The molecule has 0 radical (unpaired) electrons. The highest BCUT2D eigenvalue weighted by Crippen LogP contribution is 2.21. The highest BCUT2D eigenvalue weighted by atomic mass is 19.3. The first-order chi connectivity index (χ1) is 7.29. The second kappa shape index (κ2) is 7.06. The highest BCUT2D eigenvalue weighted by molar-refractivity contribution is 4.74. The fourth-order valence-electron chi connectivity index (χ4n) is 1.45. The Morgan fingerprint density at radius 1 is 1.25 bits per heavy atom. The SMILES string of the molecule is CC(C)CC(CN)CNCC(F)(F)C(F)F. The van der Waals surface area contributed by atoms with Crippen LogP contribution >= 0.6 is 0 Å². The molecule has 0 heterocycles. The summed E-state index contributed by atoms with van der Waals surface area (Å²) in [5.74, 6) is -3.50. The van der Waals surface area contributed by atoms with Crippen molar-refractivity contribution in [2.75, 3.05) is 19.6 Å². The van der Waals surface area contributed by atoms with Crippen molar-refractivity contribution < 1.29 is 17.6 Å². The Bertz CT molecular complexity index is 186. The minimum atomic E-state index is -3.96. The third-order valence-corrected chi connectivity index (χ3v) is 2.25. The molecule has 0 spiro atoms. The van der Waals surface area contributed by atoms with Gasteiger partial charge in [-0.05, 0) is 31.3 Å². The minimum absolute atomic E-state index is 0.0495. The third kappa shape index (κ3) is 6.27. The molecule has 0 aromatic rings. The molecule has 0 aliphatic carbocycles. The summed E-state index contributed by atoms with van der Waals surface area (Å²) in [6.07, 6.45) is -2.83. The lowest BCUT2D eigenvalue weighted by molar-refractivity contribution is -0.125. The first kappa shape index (κ1) is 15.6. The monoisotopic (exact) mass is 244 g/mol. The second-order valence-electron chi connectivity index (χ2n) is 4.42. The molecule has 2 nitrogen and oxygen atoms in total. The first-order valence-electron chi connectivity index (χ1n) is 5.36. The number of nitrogens with one attached hydrogen (secondary N) is 1. The van der Waals surface area contributed by atoms with E-state index < -0.39 is 18.9 Å². The second-order valence-corrected chi connectivity index (χ2v) is 4.42. The van der Waals surface area contributed by atoms with E-state index in [1.807, 2.05) is 13.8 Å². The van der Waals surface area contributed by atoms with E-state index in [2.05, 4.69) is 5.32 Å². The summed E-state index contributed by atoms with van der Waals surface area (Å²) >= 11 is 0. The number of hydrogen-bond acceptors (Lipinski definition) is 2. The molecule has 3 N–H and O–H groups in total. The molecule has 0 bridgehead atoms. The highest BCUT2D eigenvalue weighted by Gasteiger charge is 2.40. The summed E-state index contributed by atoms with van der Waals surface area (Å²) in [6, 6.07) is 0. The van der Waals surface area contributed by atoms with E-state index in [4.69, 9.17) is 5.73 Å². The smallest absolute Gasteiger partial charge is 0.319 e. The van der Waals surface area contributed by atoms with Gasteiger partial charge >= 0.3 is 12.3 Å². The predicted octanol–water partition coefficient (Wildman–Crippen LogP) is 2.10. The lowest BCUT2D eigenvalue weighted by atomic mass is 9.97. The lowest BCUT2D eigenvalue weighted by Crippen LogP contribution is -2.41. The largest absolute Gasteiger partial charge is 0.330 e. The van der Waals surface area contributed by atoms with Crippen molar-refractivity contribution in [3.63, 3.8) is 0 Å². The predicted molar refractivity (Wildman–Crippen MR) is 55.8 cm³/mol. The Labute approximate surface area is 93.6 Å². The van der Waals surface area contributed by atoms with Gasteiger partial charge in [0.15, 0.2) is 0 Å². The molecular formula is C10H20F4N2. The van der Waals surface area contributed by atoms with Crippen LogP contribution in [0.1, 0.15) is 20.3 Å². The van der Waals surface area contributed by atoms with Gasteiger partial charge in [0.2, 0.25) is 0 Å². The van der Waals surface area contributed by atoms with Crippen molar-refractivity contribution in [2.24, 2.45) is 17.6 Å². The number of rotatable bonds is 8. The normalized spacial score (nSPS) is 14.8. The van der Waals surface area contributed by atoms with Crippen molar-refractivity contribution >= 4 is 0 Å². The van der Waals surface area contributed by atoms with E-state index in [1.165, 1.54) is 0 Å². The van der Waals surface area contributed by atoms with Gasteiger partial charge in [-0.2, -0.15) is 8.78 Å². The molecule has 0 saturated carbocycles. The van der Waals surface area contributed by atoms with Crippen LogP contribution in [-0.2, 0) is 0 Å². The van der Waals surface area contributed by atoms with Gasteiger partial charge in [0, 0.05) is 0 Å². The van der Waals surface area contributed by atoms with E-state index in [9.17, 15) is 17.6 Å². The van der Waals surface area contributed by atoms with Crippen LogP contribution in [0.2, 0.25) is 0 Å². The number of alkyl halides is 4. The van der Waals surface area contributed by atoms with Crippen LogP contribution in [0.4, 0.5) is 17.6 Å². The summed E-state index contributed by atoms with van der Waals surface area (Å²) in [4.78, 5) is 0. The molecule has 0 aromatic heterocycles. The Hall–Kier alpha value is -0.360. The van der Waals surface area contributed by atoms with Crippen LogP contribution in [-0.4, -0.2) is 32.0 Å². The average molecular weight is 244 g/mol. The van der Waals surface area contributed by atoms with Gasteiger partial charge in [-0.3, -0.25) is 0 Å². The van der Waals surface area contributed by atoms with Crippen molar-refractivity contribution in [1.82, 2.24) is 5.32 Å². The molecule has 0 rings (SSSR count). The summed E-state index contributed by atoms with van der Waals surface area (Å²) in [5.41, 5.74) is 5.46. The van der Waals surface area contributed by atoms with Gasteiger partial charge in [0.25, 0.3) is 0 Å². The zero-order valence-electron chi connectivity index (χ0n) is 9.65. The molecular weight excluding hydrogens is 224 g/mol. The van der Waals surface area contributed by atoms with Gasteiger partial charge in [-0.25, -0.2) is 8.78 Å². The molecule has 1 unspecified atom stereocenters. The fraction of sp³-hybridized carbons (Fsp3) is 1.00. The molecule has 0 amide bonds. The van der Waals surface area contributed by atoms with Gasteiger partial charge < -0.3 is 11.1 Å². The van der Waals surface area contributed by atoms with E-state index in [-0.39, 0.29) is 12.5 Å². The van der Waals surface area contributed by atoms with Gasteiger partial charge in [-0.15, -0.1) is 0 Å². The van der Waals surface area contributed by atoms with Crippen molar-refractivity contribution in [1.29, 1.82) is 0 Å². The minimum Gasteiger partial charge on any atom is -0.330 e. The Morgan fingerprint density at radius 2 is 1.81 bits per heavy atom. The summed E-state index contributed by atoms with van der Waals surface area (Å²) in [7, 11) is 0. The number of nitrogens with two attached hydrogens (primary N) is 1. The molecule has 16 heavy (non-hydrogen) atoms. The zero-order chi connectivity index (χ0) is 12.8. The van der Waals surface area contributed by atoms with Gasteiger partial charge in [0.1, 0.15) is 0 Å². The van der Waals surface area contributed by atoms with Crippen LogP contribution in [0.25, 0.3) is 0 Å². The van der Waals surface area contributed by atoms with Crippen molar-refractivity contribution in [3.05, 3.63) is 0 Å². The lowest BCUT2D eigenvalue weighted by Gasteiger charge is -2.20. The van der Waals surface area contributed by atoms with E-state index in [1.54, 1.807) is 0 Å². The Morgan fingerprint density at radius 3 is 2.19 bits per heavy atom. The van der Waals surface area contributed by atoms with Crippen molar-refractivity contribution in [2.45, 2.75) is 32.6 Å². The molecule has 1 atom stereocenters. The van der Waals surface area contributed by atoms with Gasteiger partial charge in [-0.1, -0.05) is 13.8 Å². The fourth-order valence-corrected chi connectivity index (χ4v) is 1.45. The van der Waals surface area contributed by atoms with Crippen LogP contribution in [0.5, 0.6) is 0 Å². The Kier molecular flexibility index (Phi) is 6.90. The molecule has 6 heteroatoms. The molecule has 0 saturated heterocycles. The summed E-state index contributed by atoms with van der Waals surface area (Å²) < 4.78 is 48.7. The quantitative estimate of drug-likeness (QED) is 0.642. The van der Waals surface area contributed by atoms with Crippen molar-refractivity contribution in [3.8, 4) is 0 Å². The maximum absolute atomic E-state index is 12.5. The topological polar surface area (TPSA) is 38.0 Å². The van der Waals surface area contributed by atoms with Crippen LogP contribution in [0.15, 0.2) is 0 Å². The average Bonchev–Trinajstić information content (AvgIpc) is 2.15. The van der Waals surface area contributed by atoms with Crippen LogP contribution < -0.4 is 11.1 Å². The molecule has 98 valence electrons. The van der Waals surface area contributed by atoms with Gasteiger partial charge in [0.05, 0.1) is 6.54 Å². The first-order valence-corrected chi connectivity index (χ1v) is 5.36. The standard InChI is InChI=1S/C10H20F4N2/c1-7(2)3-8(4-15)5-16-6-10(13,14)9(11)12/h7-9,16H,3-6,15H2,1-2H3. The zero-order valence-corrected chi connectivity index (χ0v) is 9.65. The van der Waals surface area contributed by atoms with E-state index in [0.717, 1.165) is 6.42 Å². The maximum Gasteiger partial charge on any atom is 0.319 e. The number of hydrogen-bond donors (Lipinski definition) is 2. The van der Waals surface area contributed by atoms with E-state index >= 15 is 0 Å². The van der Waals surface area contributed by atoms with Crippen LogP contribution in [0.3, 0.4) is 0 Å². The summed E-state index contributed by atoms with van der Waals surface area (Å²) in [6.45, 7) is 3.61. The van der Waals surface area contributed by atoms with Crippen LogP contribution in [0, 0.1) is 11.8 Å². The molecule has 0 aromatic carbocycles. The summed E-state index contributed by atoms with van der Waals surface area (Å²) in [5, 5.41) is 2.35. The molecule has 0 aliphatic rings. The molecule has 0 aliphatic heterocycles. The Balaban J connectivity index is 3.86. The third-order valence-electron chi connectivity index (χ3n) is 2.25. The number of halogens is 4. The van der Waals surface area contributed by atoms with E-state index in [0.29, 0.717) is 12.5 Å². The molecule has 0 fully saturated rings. The maximum atomic E-state index is 12.5.